The molecule has 0 saturated carbocycles. The molecule has 0 aliphatic carbocycles. The van der Waals surface area contributed by atoms with Crippen LogP contribution in [0.3, 0.4) is 0 Å². The Morgan fingerprint density at radius 2 is 1.75 bits per heavy atom. The predicted molar refractivity (Wildman–Crippen MR) is 96.1 cm³/mol. The van der Waals surface area contributed by atoms with E-state index in [9.17, 15) is 8.42 Å². The van der Waals surface area contributed by atoms with Crippen molar-refractivity contribution in [1.82, 2.24) is 9.62 Å². The number of nitrogens with one attached hydrogen (secondary N) is 1. The number of methoxy groups -OCH3 is 1. The van der Waals surface area contributed by atoms with Gasteiger partial charge < -0.3 is 9.64 Å². The van der Waals surface area contributed by atoms with Gasteiger partial charge in [0.2, 0.25) is 10.0 Å². The highest BCUT2D eigenvalue weighted by Gasteiger charge is 2.23. The molecule has 2 aromatic rings. The van der Waals surface area contributed by atoms with Crippen LogP contribution in [0.4, 0.5) is 0 Å². The summed E-state index contributed by atoms with van der Waals surface area (Å²) in [6.45, 7) is 0.192. The molecule has 0 aliphatic heterocycles. The molecule has 24 heavy (non-hydrogen) atoms. The van der Waals surface area contributed by atoms with Gasteiger partial charge in [0.15, 0.2) is 0 Å². The molecular weight excluding hydrogens is 348 g/mol. The Bertz CT molecular complexity index is 794. The summed E-state index contributed by atoms with van der Waals surface area (Å²) in [4.78, 5) is 2.04. The Hall–Kier alpha value is -1.60. The first-order valence-electron chi connectivity index (χ1n) is 7.40. The number of likely N-dealkylation sites (N-methyl/N-ethyl adjacent to an activating group) is 1. The number of hydrogen-bond donors (Lipinski definition) is 1. The third-order valence-corrected chi connectivity index (χ3v) is 5.52. The number of ether oxygens (including phenoxy) is 1. The van der Waals surface area contributed by atoms with Crippen LogP contribution in [0.1, 0.15) is 11.6 Å². The van der Waals surface area contributed by atoms with Gasteiger partial charge in [0, 0.05) is 17.6 Å². The van der Waals surface area contributed by atoms with Crippen molar-refractivity contribution in [3.8, 4) is 5.75 Å². The molecule has 5 nitrogen and oxygen atoms in total. The Morgan fingerprint density at radius 1 is 1.12 bits per heavy atom. The maximum Gasteiger partial charge on any atom is 0.244 e. The fourth-order valence-corrected chi connectivity index (χ4v) is 3.89. The molecule has 0 radical (unpaired) electrons. The van der Waals surface area contributed by atoms with Crippen molar-refractivity contribution in [3.05, 3.63) is 59.1 Å². The molecule has 7 heteroatoms. The van der Waals surface area contributed by atoms with Gasteiger partial charge in [0.25, 0.3) is 0 Å². The molecule has 0 saturated heterocycles. The number of sulfonamides is 1. The summed E-state index contributed by atoms with van der Waals surface area (Å²) in [5.41, 5.74) is 0.867. The third-order valence-electron chi connectivity index (χ3n) is 3.71. The number of halogens is 1. The van der Waals surface area contributed by atoms with Gasteiger partial charge in [0.1, 0.15) is 10.6 Å². The standard InChI is InChI=1S/C17H21ClN2O3S/c1-20(2)15(13-8-4-5-9-14(13)18)12-19-24(21,22)17-11-7-6-10-16(17)23-3/h4-11,15,19H,12H2,1-3H3/t15-/m1/s1. The first-order valence-corrected chi connectivity index (χ1v) is 9.26. The van der Waals surface area contributed by atoms with E-state index < -0.39 is 10.0 Å². The van der Waals surface area contributed by atoms with Gasteiger partial charge in [-0.15, -0.1) is 0 Å². The van der Waals surface area contributed by atoms with Crippen molar-refractivity contribution in [2.24, 2.45) is 0 Å². The molecule has 0 aromatic heterocycles. The molecule has 0 heterocycles. The maximum absolute atomic E-state index is 12.6. The molecule has 0 spiro atoms. The predicted octanol–water partition coefficient (Wildman–Crippen LogP) is 2.93. The van der Waals surface area contributed by atoms with Crippen LogP contribution in [0.2, 0.25) is 5.02 Å². The minimum Gasteiger partial charge on any atom is -0.495 e. The summed E-state index contributed by atoms with van der Waals surface area (Å²) in [6, 6.07) is 13.7. The van der Waals surface area contributed by atoms with E-state index in [4.69, 9.17) is 16.3 Å². The second-order valence-corrected chi connectivity index (χ2v) is 7.65. The first kappa shape index (κ1) is 18.7. The zero-order chi connectivity index (χ0) is 17.7. The second kappa shape index (κ2) is 7.98. The van der Waals surface area contributed by atoms with Gasteiger partial charge in [-0.3, -0.25) is 0 Å². The fraction of sp³-hybridized carbons (Fsp3) is 0.294. The zero-order valence-electron chi connectivity index (χ0n) is 13.9. The Morgan fingerprint density at radius 3 is 2.38 bits per heavy atom. The lowest BCUT2D eigenvalue weighted by molar-refractivity contribution is 0.299. The summed E-state index contributed by atoms with van der Waals surface area (Å²) in [7, 11) is 1.51. The molecule has 1 N–H and O–H groups in total. The van der Waals surface area contributed by atoms with E-state index in [1.165, 1.54) is 13.2 Å². The van der Waals surface area contributed by atoms with Crippen molar-refractivity contribution >= 4 is 21.6 Å². The van der Waals surface area contributed by atoms with Gasteiger partial charge in [-0.25, -0.2) is 13.1 Å². The highest BCUT2D eigenvalue weighted by atomic mass is 35.5. The second-order valence-electron chi connectivity index (χ2n) is 5.50. The number of para-hydroxylation sites is 1. The Balaban J connectivity index is 2.25. The minimum absolute atomic E-state index is 0.115. The van der Waals surface area contributed by atoms with E-state index in [1.807, 2.05) is 37.2 Å². The van der Waals surface area contributed by atoms with Crippen molar-refractivity contribution < 1.29 is 13.2 Å². The smallest absolute Gasteiger partial charge is 0.244 e. The summed E-state index contributed by atoms with van der Waals surface area (Å²) < 4.78 is 33.0. The highest BCUT2D eigenvalue weighted by Crippen LogP contribution is 2.27. The fourth-order valence-electron chi connectivity index (χ4n) is 2.42. The van der Waals surface area contributed by atoms with E-state index in [1.54, 1.807) is 24.3 Å². The summed E-state index contributed by atoms with van der Waals surface area (Å²) in [5, 5.41) is 0.604. The largest absolute Gasteiger partial charge is 0.495 e. The Labute approximate surface area is 148 Å². The first-order chi connectivity index (χ1) is 11.4. The molecule has 2 rings (SSSR count). The third kappa shape index (κ3) is 4.27. The lowest BCUT2D eigenvalue weighted by Gasteiger charge is -2.26. The van der Waals surface area contributed by atoms with Crippen LogP contribution in [0.25, 0.3) is 0 Å². The molecule has 0 amide bonds. The van der Waals surface area contributed by atoms with Crippen LogP contribution in [0.5, 0.6) is 5.75 Å². The number of nitrogens with zero attached hydrogens (tertiary/aromatic N) is 1. The van der Waals surface area contributed by atoms with Crippen LogP contribution in [-0.4, -0.2) is 41.1 Å². The molecule has 0 aliphatic rings. The van der Waals surface area contributed by atoms with E-state index in [2.05, 4.69) is 4.72 Å². The van der Waals surface area contributed by atoms with E-state index in [0.717, 1.165) is 5.56 Å². The van der Waals surface area contributed by atoms with Crippen LogP contribution in [0.15, 0.2) is 53.4 Å². The molecular formula is C17H21ClN2O3S. The lowest BCUT2D eigenvalue weighted by Crippen LogP contribution is -2.34. The van der Waals surface area contributed by atoms with Crippen molar-refractivity contribution in [2.45, 2.75) is 10.9 Å². The zero-order valence-corrected chi connectivity index (χ0v) is 15.4. The molecule has 130 valence electrons. The number of rotatable bonds is 7. The van der Waals surface area contributed by atoms with E-state index >= 15 is 0 Å². The molecule has 0 fully saturated rings. The highest BCUT2D eigenvalue weighted by molar-refractivity contribution is 7.89. The number of benzene rings is 2. The van der Waals surface area contributed by atoms with Crippen LogP contribution in [0, 0.1) is 0 Å². The van der Waals surface area contributed by atoms with Crippen molar-refractivity contribution in [1.29, 1.82) is 0 Å². The van der Waals surface area contributed by atoms with Crippen LogP contribution in [-0.2, 0) is 10.0 Å². The normalized spacial score (nSPS) is 13.0. The van der Waals surface area contributed by atoms with Gasteiger partial charge in [-0.05, 0) is 37.9 Å². The van der Waals surface area contributed by atoms with Gasteiger partial charge >= 0.3 is 0 Å². The average Bonchev–Trinajstić information content (AvgIpc) is 2.56. The SMILES string of the molecule is COc1ccccc1S(=O)(=O)NC[C@H](c1ccccc1Cl)N(C)C. The van der Waals surface area contributed by atoms with Crippen LogP contribution < -0.4 is 9.46 Å². The summed E-state index contributed by atoms with van der Waals surface area (Å²) in [6.07, 6.45) is 0. The quantitative estimate of drug-likeness (QED) is 0.816. The Kier molecular flexibility index (Phi) is 6.23. The number of hydrogen-bond acceptors (Lipinski definition) is 4. The van der Waals surface area contributed by atoms with Gasteiger partial charge in [-0.1, -0.05) is 41.9 Å². The van der Waals surface area contributed by atoms with Crippen LogP contribution >= 0.6 is 11.6 Å². The summed E-state index contributed by atoms with van der Waals surface area (Å²) in [5.74, 6) is 0.309. The van der Waals surface area contributed by atoms with Crippen molar-refractivity contribution in [3.63, 3.8) is 0 Å². The lowest BCUT2D eigenvalue weighted by atomic mass is 10.1. The summed E-state index contributed by atoms with van der Waals surface area (Å²) >= 11 is 6.25. The van der Waals surface area contributed by atoms with Gasteiger partial charge in [0.05, 0.1) is 7.11 Å². The maximum atomic E-state index is 12.6. The molecule has 0 bridgehead atoms. The molecule has 2 aromatic carbocycles. The topological polar surface area (TPSA) is 58.6 Å². The van der Waals surface area contributed by atoms with E-state index in [0.29, 0.717) is 10.8 Å². The monoisotopic (exact) mass is 368 g/mol. The average molecular weight is 369 g/mol. The van der Waals surface area contributed by atoms with E-state index in [-0.39, 0.29) is 17.5 Å². The molecule has 1 atom stereocenters. The van der Waals surface area contributed by atoms with Gasteiger partial charge in [-0.2, -0.15) is 0 Å². The molecule has 0 unspecified atom stereocenters. The van der Waals surface area contributed by atoms with Crippen molar-refractivity contribution in [2.75, 3.05) is 27.7 Å². The minimum atomic E-state index is -3.70.